The minimum Gasteiger partial charge on any atom is -0.380 e. The van der Waals surface area contributed by atoms with E-state index in [9.17, 15) is 0 Å². The molecular formula is C11H22BrNO2. The molecule has 1 aliphatic rings. The Balaban J connectivity index is 2.12. The zero-order valence-corrected chi connectivity index (χ0v) is 11.3. The van der Waals surface area contributed by atoms with Gasteiger partial charge in [0.05, 0.1) is 19.8 Å². The molecule has 0 aromatic carbocycles. The quantitative estimate of drug-likeness (QED) is 0.546. The molecule has 3 nitrogen and oxygen atoms in total. The number of morpholine rings is 1. The summed E-state index contributed by atoms with van der Waals surface area (Å²) < 4.78 is 11.0. The van der Waals surface area contributed by atoms with Crippen LogP contribution in [0.5, 0.6) is 0 Å². The topological polar surface area (TPSA) is 21.7 Å². The van der Waals surface area contributed by atoms with Crippen LogP contribution in [-0.4, -0.2) is 55.8 Å². The molecule has 1 saturated heterocycles. The van der Waals surface area contributed by atoms with Crippen LogP contribution in [0, 0.1) is 5.92 Å². The van der Waals surface area contributed by atoms with Crippen LogP contribution in [0.4, 0.5) is 0 Å². The standard InChI is InChI=1S/C11H22BrNO2/c1-10(2)8-14-5-3-13-4-6-15-9-11(13)7-12/h10-11H,3-9H2,1-2H3. The van der Waals surface area contributed by atoms with Gasteiger partial charge in [-0.05, 0) is 5.92 Å². The van der Waals surface area contributed by atoms with E-state index in [0.717, 1.165) is 44.8 Å². The largest absolute Gasteiger partial charge is 0.380 e. The summed E-state index contributed by atoms with van der Waals surface area (Å²) in [6, 6.07) is 0.515. The smallest absolute Gasteiger partial charge is 0.0630 e. The predicted molar refractivity (Wildman–Crippen MR) is 65.6 cm³/mol. The highest BCUT2D eigenvalue weighted by atomic mass is 79.9. The first-order chi connectivity index (χ1) is 7.24. The Morgan fingerprint density at radius 1 is 1.53 bits per heavy atom. The summed E-state index contributed by atoms with van der Waals surface area (Å²) in [6.45, 7) is 9.80. The molecule has 1 heterocycles. The summed E-state index contributed by atoms with van der Waals surface area (Å²) in [4.78, 5) is 2.44. The van der Waals surface area contributed by atoms with Crippen LogP contribution in [0.1, 0.15) is 13.8 Å². The van der Waals surface area contributed by atoms with Gasteiger partial charge < -0.3 is 9.47 Å². The first-order valence-electron chi connectivity index (χ1n) is 5.69. The molecular weight excluding hydrogens is 258 g/mol. The van der Waals surface area contributed by atoms with Gasteiger partial charge in [0.1, 0.15) is 0 Å². The molecule has 0 N–H and O–H groups in total. The van der Waals surface area contributed by atoms with Gasteiger partial charge in [-0.3, -0.25) is 4.90 Å². The van der Waals surface area contributed by atoms with Crippen molar-refractivity contribution in [2.75, 3.05) is 44.8 Å². The highest BCUT2D eigenvalue weighted by Gasteiger charge is 2.21. The van der Waals surface area contributed by atoms with Gasteiger partial charge in [0.25, 0.3) is 0 Å². The molecule has 0 aliphatic carbocycles. The second-order valence-corrected chi connectivity index (χ2v) is 5.04. The highest BCUT2D eigenvalue weighted by molar-refractivity contribution is 9.09. The van der Waals surface area contributed by atoms with Crippen molar-refractivity contribution in [1.29, 1.82) is 0 Å². The van der Waals surface area contributed by atoms with Crippen LogP contribution in [-0.2, 0) is 9.47 Å². The van der Waals surface area contributed by atoms with Crippen LogP contribution >= 0.6 is 15.9 Å². The lowest BCUT2D eigenvalue weighted by Crippen LogP contribution is -2.47. The fourth-order valence-electron chi connectivity index (χ4n) is 1.63. The first-order valence-corrected chi connectivity index (χ1v) is 6.81. The van der Waals surface area contributed by atoms with Crippen LogP contribution < -0.4 is 0 Å². The average Bonchev–Trinajstić information content (AvgIpc) is 2.24. The van der Waals surface area contributed by atoms with Crippen molar-refractivity contribution in [3.63, 3.8) is 0 Å². The Morgan fingerprint density at radius 2 is 2.33 bits per heavy atom. The summed E-state index contributed by atoms with van der Waals surface area (Å²) in [5, 5.41) is 0.983. The van der Waals surface area contributed by atoms with Gasteiger partial charge in [-0.1, -0.05) is 29.8 Å². The van der Waals surface area contributed by atoms with Gasteiger partial charge in [0.2, 0.25) is 0 Å². The Labute approximate surface area is 101 Å². The third kappa shape index (κ3) is 5.29. The number of rotatable bonds is 6. The molecule has 0 bridgehead atoms. The lowest BCUT2D eigenvalue weighted by Gasteiger charge is -2.34. The molecule has 1 fully saturated rings. The third-order valence-corrected chi connectivity index (χ3v) is 3.25. The molecule has 1 rings (SSSR count). The van der Waals surface area contributed by atoms with Gasteiger partial charge in [0, 0.05) is 31.1 Å². The Bertz CT molecular complexity index is 167. The van der Waals surface area contributed by atoms with Crippen LogP contribution in [0.15, 0.2) is 0 Å². The highest BCUT2D eigenvalue weighted by Crippen LogP contribution is 2.08. The van der Waals surface area contributed by atoms with Crippen LogP contribution in [0.3, 0.4) is 0 Å². The summed E-state index contributed by atoms with van der Waals surface area (Å²) in [6.07, 6.45) is 0. The van der Waals surface area contributed by atoms with E-state index in [4.69, 9.17) is 9.47 Å². The summed E-state index contributed by atoms with van der Waals surface area (Å²) in [5.74, 6) is 0.627. The Morgan fingerprint density at radius 3 is 3.00 bits per heavy atom. The van der Waals surface area contributed by atoms with E-state index in [-0.39, 0.29) is 0 Å². The van der Waals surface area contributed by atoms with Crippen molar-refractivity contribution < 1.29 is 9.47 Å². The molecule has 1 unspecified atom stereocenters. The van der Waals surface area contributed by atoms with E-state index in [2.05, 4.69) is 34.7 Å². The molecule has 0 amide bonds. The molecule has 0 radical (unpaired) electrons. The maximum absolute atomic E-state index is 5.59. The van der Waals surface area contributed by atoms with E-state index < -0.39 is 0 Å². The van der Waals surface area contributed by atoms with Gasteiger partial charge >= 0.3 is 0 Å². The maximum Gasteiger partial charge on any atom is 0.0630 e. The van der Waals surface area contributed by atoms with Crippen molar-refractivity contribution in [2.24, 2.45) is 5.92 Å². The van der Waals surface area contributed by atoms with E-state index in [1.165, 1.54) is 0 Å². The van der Waals surface area contributed by atoms with E-state index in [0.29, 0.717) is 12.0 Å². The fourth-order valence-corrected chi connectivity index (χ4v) is 2.22. The van der Waals surface area contributed by atoms with E-state index >= 15 is 0 Å². The van der Waals surface area contributed by atoms with Crippen molar-refractivity contribution in [3.05, 3.63) is 0 Å². The second kappa shape index (κ2) is 7.60. The fraction of sp³-hybridized carbons (Fsp3) is 1.00. The van der Waals surface area contributed by atoms with Crippen molar-refractivity contribution in [2.45, 2.75) is 19.9 Å². The van der Waals surface area contributed by atoms with E-state index in [1.54, 1.807) is 0 Å². The number of halogens is 1. The molecule has 1 atom stereocenters. The van der Waals surface area contributed by atoms with Crippen molar-refractivity contribution in [1.82, 2.24) is 4.90 Å². The summed E-state index contributed by atoms with van der Waals surface area (Å²) >= 11 is 3.52. The number of nitrogens with zero attached hydrogens (tertiary/aromatic N) is 1. The molecule has 4 heteroatoms. The summed E-state index contributed by atoms with van der Waals surface area (Å²) in [5.41, 5.74) is 0. The van der Waals surface area contributed by atoms with E-state index in [1.807, 2.05) is 0 Å². The minimum atomic E-state index is 0.515. The molecule has 90 valence electrons. The minimum absolute atomic E-state index is 0.515. The number of ether oxygens (including phenoxy) is 2. The number of alkyl halides is 1. The lowest BCUT2D eigenvalue weighted by atomic mass is 10.2. The average molecular weight is 280 g/mol. The molecule has 0 saturated carbocycles. The molecule has 1 aliphatic heterocycles. The first kappa shape index (κ1) is 13.4. The zero-order valence-electron chi connectivity index (χ0n) is 9.75. The lowest BCUT2D eigenvalue weighted by molar-refractivity contribution is -0.0136. The van der Waals surface area contributed by atoms with Crippen LogP contribution in [0.25, 0.3) is 0 Å². The SMILES string of the molecule is CC(C)COCCN1CCOCC1CBr. The number of hydrogen-bond donors (Lipinski definition) is 0. The summed E-state index contributed by atoms with van der Waals surface area (Å²) in [7, 11) is 0. The van der Waals surface area contributed by atoms with Gasteiger partial charge in [-0.15, -0.1) is 0 Å². The Kier molecular flexibility index (Phi) is 6.81. The predicted octanol–water partition coefficient (Wildman–Crippen LogP) is 1.75. The zero-order chi connectivity index (χ0) is 11.1. The second-order valence-electron chi connectivity index (χ2n) is 4.39. The van der Waals surface area contributed by atoms with Gasteiger partial charge in [-0.2, -0.15) is 0 Å². The normalized spacial score (nSPS) is 23.6. The van der Waals surface area contributed by atoms with Gasteiger partial charge in [0.15, 0.2) is 0 Å². The molecule has 15 heavy (non-hydrogen) atoms. The van der Waals surface area contributed by atoms with Crippen LogP contribution in [0.2, 0.25) is 0 Å². The molecule has 0 aromatic heterocycles. The maximum atomic E-state index is 5.59. The molecule has 0 spiro atoms. The Hall–Kier alpha value is 0.360. The van der Waals surface area contributed by atoms with Crippen molar-refractivity contribution >= 4 is 15.9 Å². The third-order valence-electron chi connectivity index (χ3n) is 2.50. The molecule has 0 aromatic rings. The monoisotopic (exact) mass is 279 g/mol. The van der Waals surface area contributed by atoms with Crippen molar-refractivity contribution in [3.8, 4) is 0 Å². The van der Waals surface area contributed by atoms with Gasteiger partial charge in [-0.25, -0.2) is 0 Å². The number of hydrogen-bond acceptors (Lipinski definition) is 3.